The van der Waals surface area contributed by atoms with Crippen molar-refractivity contribution in [1.82, 2.24) is 5.32 Å². The van der Waals surface area contributed by atoms with Gasteiger partial charge in [-0.25, -0.2) is 0 Å². The maximum atomic E-state index is 11.2. The number of nitrogens with one attached hydrogen (secondary N) is 1. The molecule has 0 rings (SSSR count). The predicted molar refractivity (Wildman–Crippen MR) is 51.6 cm³/mol. The zero-order valence-corrected chi connectivity index (χ0v) is 8.40. The molecule has 6 N–H and O–H groups in total. The van der Waals surface area contributed by atoms with Gasteiger partial charge in [-0.1, -0.05) is 0 Å². The first-order chi connectivity index (χ1) is 6.82. The van der Waals surface area contributed by atoms with Crippen molar-refractivity contribution in [2.45, 2.75) is 31.8 Å². The largest absolute Gasteiger partial charge is 0.481 e. The van der Waals surface area contributed by atoms with Crippen LogP contribution in [0.2, 0.25) is 0 Å². The van der Waals surface area contributed by atoms with Crippen molar-refractivity contribution in [2.75, 3.05) is 0 Å². The Hall–Kier alpha value is -1.63. The second kappa shape index (κ2) is 5.97. The molecular formula is C8H15N3O4. The third-order valence-electron chi connectivity index (χ3n) is 1.63. The van der Waals surface area contributed by atoms with Gasteiger partial charge in [-0.2, -0.15) is 0 Å². The lowest BCUT2D eigenvalue weighted by molar-refractivity contribution is -0.139. The number of rotatable bonds is 6. The normalized spacial score (nSPS) is 14.0. The van der Waals surface area contributed by atoms with Gasteiger partial charge in [0.05, 0.1) is 12.5 Å². The third kappa shape index (κ3) is 6.44. The van der Waals surface area contributed by atoms with Crippen LogP contribution >= 0.6 is 0 Å². The molecule has 0 bridgehead atoms. The molecule has 0 saturated heterocycles. The van der Waals surface area contributed by atoms with Gasteiger partial charge in [0.1, 0.15) is 0 Å². The van der Waals surface area contributed by atoms with Crippen molar-refractivity contribution in [3.63, 3.8) is 0 Å². The van der Waals surface area contributed by atoms with Gasteiger partial charge in [0.2, 0.25) is 11.8 Å². The molecule has 0 saturated carbocycles. The van der Waals surface area contributed by atoms with Gasteiger partial charge in [-0.15, -0.1) is 0 Å². The molecule has 0 aliphatic carbocycles. The van der Waals surface area contributed by atoms with Gasteiger partial charge in [0, 0.05) is 12.5 Å². The highest BCUT2D eigenvalue weighted by Crippen LogP contribution is 1.93. The summed E-state index contributed by atoms with van der Waals surface area (Å²) in [4.78, 5) is 31.9. The van der Waals surface area contributed by atoms with Crippen molar-refractivity contribution >= 4 is 17.8 Å². The first-order valence-corrected chi connectivity index (χ1v) is 4.39. The van der Waals surface area contributed by atoms with E-state index in [1.807, 2.05) is 0 Å². The first-order valence-electron chi connectivity index (χ1n) is 4.39. The van der Waals surface area contributed by atoms with Crippen molar-refractivity contribution in [3.8, 4) is 0 Å². The van der Waals surface area contributed by atoms with Gasteiger partial charge in [0.25, 0.3) is 0 Å². The summed E-state index contributed by atoms with van der Waals surface area (Å²) in [5, 5.41) is 10.8. The van der Waals surface area contributed by atoms with E-state index in [0.717, 1.165) is 0 Å². The Kier molecular flexibility index (Phi) is 5.32. The summed E-state index contributed by atoms with van der Waals surface area (Å²) < 4.78 is 0. The standard InChI is InChI=1S/C8H15N3O4/c1-4(2-6(10)12)11-8(15)5(9)3-7(13)14/h4-5H,2-3,9H2,1H3,(H2,10,12)(H,11,15)(H,13,14). The summed E-state index contributed by atoms with van der Waals surface area (Å²) in [6.45, 7) is 1.58. The number of nitrogens with two attached hydrogens (primary N) is 2. The van der Waals surface area contributed by atoms with E-state index in [1.54, 1.807) is 6.92 Å². The monoisotopic (exact) mass is 217 g/mol. The molecule has 0 fully saturated rings. The van der Waals surface area contributed by atoms with Gasteiger partial charge < -0.3 is 21.9 Å². The second-order valence-electron chi connectivity index (χ2n) is 3.28. The van der Waals surface area contributed by atoms with E-state index in [0.29, 0.717) is 0 Å². The number of primary amides is 1. The summed E-state index contributed by atoms with van der Waals surface area (Å²) in [7, 11) is 0. The number of hydrogen-bond acceptors (Lipinski definition) is 4. The molecule has 7 nitrogen and oxygen atoms in total. The van der Waals surface area contributed by atoms with Crippen molar-refractivity contribution in [3.05, 3.63) is 0 Å². The van der Waals surface area contributed by atoms with E-state index in [2.05, 4.69) is 5.32 Å². The molecule has 0 heterocycles. The van der Waals surface area contributed by atoms with Crippen LogP contribution in [0.5, 0.6) is 0 Å². The van der Waals surface area contributed by atoms with Crippen LogP contribution in [0, 0.1) is 0 Å². The molecule has 0 aliphatic rings. The van der Waals surface area contributed by atoms with E-state index < -0.39 is 36.3 Å². The van der Waals surface area contributed by atoms with E-state index in [-0.39, 0.29) is 6.42 Å². The molecule has 0 aromatic carbocycles. The SMILES string of the molecule is CC(CC(N)=O)NC(=O)C(N)CC(=O)O. The Balaban J connectivity index is 4.01. The van der Waals surface area contributed by atoms with Gasteiger partial charge >= 0.3 is 5.97 Å². The smallest absolute Gasteiger partial charge is 0.305 e. The zero-order valence-electron chi connectivity index (χ0n) is 8.40. The Morgan fingerprint density at radius 2 is 1.87 bits per heavy atom. The van der Waals surface area contributed by atoms with Crippen LogP contribution in [0.1, 0.15) is 19.8 Å². The Labute approximate surface area is 86.8 Å². The maximum absolute atomic E-state index is 11.2. The Morgan fingerprint density at radius 1 is 1.33 bits per heavy atom. The van der Waals surface area contributed by atoms with E-state index in [9.17, 15) is 14.4 Å². The third-order valence-corrected chi connectivity index (χ3v) is 1.63. The van der Waals surface area contributed by atoms with E-state index in [1.165, 1.54) is 0 Å². The summed E-state index contributed by atoms with van der Waals surface area (Å²) in [5.41, 5.74) is 10.2. The Bertz CT molecular complexity index is 267. The number of carboxylic acid groups (broad SMARTS) is 1. The molecule has 0 aliphatic heterocycles. The molecule has 0 spiro atoms. The van der Waals surface area contributed by atoms with Gasteiger partial charge in [-0.05, 0) is 6.92 Å². The predicted octanol–water partition coefficient (Wildman–Crippen LogP) is -1.83. The number of aliphatic carboxylic acids is 1. The average Bonchev–Trinajstić information content (AvgIpc) is 2.00. The number of amides is 2. The molecule has 2 atom stereocenters. The quantitative estimate of drug-likeness (QED) is 0.415. The van der Waals surface area contributed by atoms with E-state index >= 15 is 0 Å². The molecule has 7 heteroatoms. The molecule has 86 valence electrons. The highest BCUT2D eigenvalue weighted by Gasteiger charge is 2.19. The molecule has 15 heavy (non-hydrogen) atoms. The molecule has 0 aromatic heterocycles. The Morgan fingerprint density at radius 3 is 2.27 bits per heavy atom. The van der Waals surface area contributed by atoms with Crippen LogP contribution in [0.4, 0.5) is 0 Å². The van der Waals surface area contributed by atoms with Crippen molar-refractivity contribution in [2.24, 2.45) is 11.5 Å². The summed E-state index contributed by atoms with van der Waals surface area (Å²) in [6, 6.07) is -1.56. The van der Waals surface area contributed by atoms with Crippen LogP contribution < -0.4 is 16.8 Å². The van der Waals surface area contributed by atoms with Gasteiger partial charge in [-0.3, -0.25) is 14.4 Å². The summed E-state index contributed by atoms with van der Waals surface area (Å²) in [5.74, 6) is -2.30. The molecule has 2 unspecified atom stereocenters. The molecule has 0 aromatic rings. The van der Waals surface area contributed by atoms with Crippen molar-refractivity contribution < 1.29 is 19.5 Å². The van der Waals surface area contributed by atoms with E-state index in [4.69, 9.17) is 16.6 Å². The van der Waals surface area contributed by atoms with Crippen LogP contribution in [0.15, 0.2) is 0 Å². The maximum Gasteiger partial charge on any atom is 0.305 e. The molecular weight excluding hydrogens is 202 g/mol. The van der Waals surface area contributed by atoms with Crippen LogP contribution in [-0.2, 0) is 14.4 Å². The van der Waals surface area contributed by atoms with Crippen LogP contribution in [0.25, 0.3) is 0 Å². The number of hydrogen-bond donors (Lipinski definition) is 4. The minimum absolute atomic E-state index is 0.00840. The lowest BCUT2D eigenvalue weighted by atomic mass is 10.1. The number of carboxylic acids is 1. The molecule has 2 amide bonds. The van der Waals surface area contributed by atoms with Crippen LogP contribution in [-0.4, -0.2) is 35.0 Å². The fourth-order valence-electron chi connectivity index (χ4n) is 0.984. The summed E-state index contributed by atoms with van der Waals surface area (Å²) in [6.07, 6.45) is -0.458. The zero-order chi connectivity index (χ0) is 12.0. The summed E-state index contributed by atoms with van der Waals surface area (Å²) >= 11 is 0. The highest BCUT2D eigenvalue weighted by molar-refractivity contribution is 5.86. The van der Waals surface area contributed by atoms with Crippen LogP contribution in [0.3, 0.4) is 0 Å². The van der Waals surface area contributed by atoms with Crippen molar-refractivity contribution in [1.29, 1.82) is 0 Å². The number of carbonyl (C=O) groups is 3. The van der Waals surface area contributed by atoms with Gasteiger partial charge in [0.15, 0.2) is 0 Å². The minimum Gasteiger partial charge on any atom is -0.481 e. The fraction of sp³-hybridized carbons (Fsp3) is 0.625. The fourth-order valence-corrected chi connectivity index (χ4v) is 0.984. The molecule has 0 radical (unpaired) electrons. The minimum atomic E-state index is -1.15. The average molecular weight is 217 g/mol. The second-order valence-corrected chi connectivity index (χ2v) is 3.28. The number of carbonyl (C=O) groups excluding carboxylic acids is 2. The first kappa shape index (κ1) is 13.4. The topological polar surface area (TPSA) is 136 Å². The highest BCUT2D eigenvalue weighted by atomic mass is 16.4. The lowest BCUT2D eigenvalue weighted by Crippen LogP contribution is -2.46. The lowest BCUT2D eigenvalue weighted by Gasteiger charge is -2.15.